The summed E-state index contributed by atoms with van der Waals surface area (Å²) in [5, 5.41) is 10.1. The minimum absolute atomic E-state index is 0.114. The number of rotatable bonds is 4. The number of nitrogens with zero attached hydrogens (tertiary/aromatic N) is 1. The molecular formula is C13H15NO4. The third-order valence-electron chi connectivity index (χ3n) is 3.05. The molecule has 5 nitrogen and oxygen atoms in total. The molecule has 1 aromatic carbocycles. The molecule has 2 unspecified atom stereocenters. The van der Waals surface area contributed by atoms with Gasteiger partial charge in [-0.1, -0.05) is 19.1 Å². The van der Waals surface area contributed by atoms with E-state index >= 15 is 0 Å². The van der Waals surface area contributed by atoms with E-state index < -0.39 is 17.9 Å². The number of carbonyl (C=O) groups excluding carboxylic acids is 2. The van der Waals surface area contributed by atoms with Crippen LogP contribution in [-0.4, -0.2) is 34.7 Å². The summed E-state index contributed by atoms with van der Waals surface area (Å²) in [5.41, 5.74) is 0.708. The highest BCUT2D eigenvalue weighted by Gasteiger charge is 2.36. The Balaban J connectivity index is 2.10. The van der Waals surface area contributed by atoms with Crippen LogP contribution >= 0.6 is 0 Å². The second-order valence-corrected chi connectivity index (χ2v) is 4.46. The van der Waals surface area contributed by atoms with Crippen molar-refractivity contribution < 1.29 is 19.5 Å². The van der Waals surface area contributed by atoms with Gasteiger partial charge in [0.1, 0.15) is 0 Å². The Hall–Kier alpha value is -1.72. The standard InChI is InChI=1S/C13H15NO4/c1-8(9(2)15)7-18-14-12(16)10-5-3-4-6-11(10)13(14)17/h3-6,8-9,15H,7H2,1-2H3. The Morgan fingerprint density at radius 1 is 1.17 bits per heavy atom. The Kier molecular flexibility index (Phi) is 3.45. The normalized spacial score (nSPS) is 17.8. The number of aliphatic hydroxyl groups excluding tert-OH is 1. The van der Waals surface area contributed by atoms with Crippen LogP contribution in [0, 0.1) is 5.92 Å². The molecule has 2 amide bonds. The van der Waals surface area contributed by atoms with Crippen molar-refractivity contribution in [2.24, 2.45) is 5.92 Å². The van der Waals surface area contributed by atoms with Crippen molar-refractivity contribution in [3.05, 3.63) is 35.4 Å². The van der Waals surface area contributed by atoms with E-state index in [2.05, 4.69) is 0 Å². The van der Waals surface area contributed by atoms with E-state index in [1.807, 2.05) is 0 Å². The van der Waals surface area contributed by atoms with E-state index in [-0.39, 0.29) is 12.5 Å². The summed E-state index contributed by atoms with van der Waals surface area (Å²) >= 11 is 0. The maximum atomic E-state index is 11.9. The molecule has 1 aliphatic rings. The SMILES string of the molecule is CC(O)C(C)CON1C(=O)c2ccccc2C1=O. The summed E-state index contributed by atoms with van der Waals surface area (Å²) in [5.74, 6) is -1.06. The van der Waals surface area contributed by atoms with Crippen LogP contribution in [0.3, 0.4) is 0 Å². The van der Waals surface area contributed by atoms with Gasteiger partial charge in [-0.05, 0) is 19.1 Å². The summed E-state index contributed by atoms with van der Waals surface area (Å²) in [6.07, 6.45) is -0.555. The minimum atomic E-state index is -0.555. The molecule has 18 heavy (non-hydrogen) atoms. The molecule has 0 fully saturated rings. The fourth-order valence-electron chi connectivity index (χ4n) is 1.62. The predicted molar refractivity (Wildman–Crippen MR) is 63.7 cm³/mol. The lowest BCUT2D eigenvalue weighted by atomic mass is 10.1. The molecule has 96 valence electrons. The van der Waals surface area contributed by atoms with Crippen molar-refractivity contribution in [2.45, 2.75) is 20.0 Å². The molecule has 0 saturated heterocycles. The third-order valence-corrected chi connectivity index (χ3v) is 3.05. The molecule has 0 saturated carbocycles. The fourth-order valence-corrected chi connectivity index (χ4v) is 1.62. The van der Waals surface area contributed by atoms with Crippen LogP contribution in [0.2, 0.25) is 0 Å². The number of benzene rings is 1. The monoisotopic (exact) mass is 249 g/mol. The quantitative estimate of drug-likeness (QED) is 0.815. The molecule has 1 heterocycles. The van der Waals surface area contributed by atoms with Gasteiger partial charge in [0, 0.05) is 5.92 Å². The molecule has 0 bridgehead atoms. The number of hydrogen-bond donors (Lipinski definition) is 1. The van der Waals surface area contributed by atoms with E-state index in [0.29, 0.717) is 11.1 Å². The van der Waals surface area contributed by atoms with Gasteiger partial charge in [0.25, 0.3) is 11.8 Å². The average molecular weight is 249 g/mol. The van der Waals surface area contributed by atoms with Crippen LogP contribution in [0.15, 0.2) is 24.3 Å². The highest BCUT2D eigenvalue weighted by Crippen LogP contribution is 2.23. The number of imide groups is 1. The minimum Gasteiger partial charge on any atom is -0.393 e. The molecule has 0 spiro atoms. The fraction of sp³-hybridized carbons (Fsp3) is 0.385. The van der Waals surface area contributed by atoms with Gasteiger partial charge in [0.15, 0.2) is 0 Å². The smallest absolute Gasteiger partial charge is 0.285 e. The van der Waals surface area contributed by atoms with Crippen molar-refractivity contribution in [3.63, 3.8) is 0 Å². The van der Waals surface area contributed by atoms with Gasteiger partial charge in [-0.15, -0.1) is 5.06 Å². The van der Waals surface area contributed by atoms with Gasteiger partial charge in [-0.25, -0.2) is 0 Å². The molecule has 0 radical (unpaired) electrons. The molecule has 1 aliphatic heterocycles. The van der Waals surface area contributed by atoms with Gasteiger partial charge in [0.2, 0.25) is 0 Å². The van der Waals surface area contributed by atoms with Gasteiger partial charge in [-0.2, -0.15) is 0 Å². The van der Waals surface area contributed by atoms with Gasteiger partial charge < -0.3 is 5.11 Å². The van der Waals surface area contributed by atoms with Crippen LogP contribution in [0.25, 0.3) is 0 Å². The number of carbonyl (C=O) groups is 2. The predicted octanol–water partition coefficient (Wildman–Crippen LogP) is 1.23. The molecule has 1 aromatic rings. The van der Waals surface area contributed by atoms with Crippen LogP contribution in [0.5, 0.6) is 0 Å². The van der Waals surface area contributed by atoms with Crippen molar-refractivity contribution in [2.75, 3.05) is 6.61 Å². The lowest BCUT2D eigenvalue weighted by Crippen LogP contribution is -2.33. The second kappa shape index (κ2) is 4.88. The van der Waals surface area contributed by atoms with Gasteiger partial charge in [-0.3, -0.25) is 14.4 Å². The van der Waals surface area contributed by atoms with Gasteiger partial charge >= 0.3 is 0 Å². The summed E-state index contributed by atoms with van der Waals surface area (Å²) in [4.78, 5) is 29.0. The van der Waals surface area contributed by atoms with E-state index in [4.69, 9.17) is 4.84 Å². The van der Waals surface area contributed by atoms with Crippen molar-refractivity contribution in [1.82, 2.24) is 5.06 Å². The summed E-state index contributed by atoms with van der Waals surface area (Å²) in [7, 11) is 0. The topological polar surface area (TPSA) is 66.8 Å². The van der Waals surface area contributed by atoms with Crippen LogP contribution in [0.4, 0.5) is 0 Å². The molecule has 1 N–H and O–H groups in total. The highest BCUT2D eigenvalue weighted by atomic mass is 16.7. The first kappa shape index (κ1) is 12.7. The Morgan fingerprint density at radius 3 is 2.11 bits per heavy atom. The molecule has 0 aromatic heterocycles. The summed E-state index contributed by atoms with van der Waals surface area (Å²) < 4.78 is 0. The second-order valence-electron chi connectivity index (χ2n) is 4.46. The summed E-state index contributed by atoms with van der Waals surface area (Å²) in [6.45, 7) is 3.53. The highest BCUT2D eigenvalue weighted by molar-refractivity contribution is 6.20. The molecule has 5 heteroatoms. The number of amides is 2. The van der Waals surface area contributed by atoms with Crippen LogP contribution in [0.1, 0.15) is 34.6 Å². The van der Waals surface area contributed by atoms with E-state index in [9.17, 15) is 14.7 Å². The summed E-state index contributed by atoms with van der Waals surface area (Å²) in [6, 6.07) is 6.59. The number of fused-ring (bicyclic) bond motifs is 1. The zero-order chi connectivity index (χ0) is 13.3. The van der Waals surface area contributed by atoms with Crippen molar-refractivity contribution in [1.29, 1.82) is 0 Å². The first-order valence-electron chi connectivity index (χ1n) is 5.81. The zero-order valence-corrected chi connectivity index (χ0v) is 10.3. The Labute approximate surface area is 105 Å². The first-order valence-corrected chi connectivity index (χ1v) is 5.81. The molecule has 2 rings (SSSR count). The van der Waals surface area contributed by atoms with E-state index in [1.54, 1.807) is 38.1 Å². The lowest BCUT2D eigenvalue weighted by Gasteiger charge is -2.18. The average Bonchev–Trinajstić information content (AvgIpc) is 2.60. The third kappa shape index (κ3) is 2.14. The first-order chi connectivity index (χ1) is 8.52. The van der Waals surface area contributed by atoms with Gasteiger partial charge in [0.05, 0.1) is 23.8 Å². The van der Waals surface area contributed by atoms with Crippen molar-refractivity contribution >= 4 is 11.8 Å². The Morgan fingerprint density at radius 2 is 1.67 bits per heavy atom. The Bertz CT molecular complexity index is 449. The van der Waals surface area contributed by atoms with Crippen LogP contribution in [-0.2, 0) is 4.84 Å². The largest absolute Gasteiger partial charge is 0.393 e. The number of aliphatic hydroxyl groups is 1. The maximum absolute atomic E-state index is 11.9. The molecule has 0 aliphatic carbocycles. The zero-order valence-electron chi connectivity index (χ0n) is 10.3. The number of hydroxylamine groups is 2. The van der Waals surface area contributed by atoms with E-state index in [1.165, 1.54) is 0 Å². The molecular weight excluding hydrogens is 234 g/mol. The van der Waals surface area contributed by atoms with E-state index in [0.717, 1.165) is 5.06 Å². The van der Waals surface area contributed by atoms with Crippen LogP contribution < -0.4 is 0 Å². The number of hydrogen-bond acceptors (Lipinski definition) is 4. The lowest BCUT2D eigenvalue weighted by molar-refractivity contribution is -0.111. The maximum Gasteiger partial charge on any atom is 0.285 e. The van der Waals surface area contributed by atoms with Crippen molar-refractivity contribution in [3.8, 4) is 0 Å². The molecule has 2 atom stereocenters.